The van der Waals surface area contributed by atoms with Crippen LogP contribution in [0.4, 0.5) is 0 Å². The van der Waals surface area contributed by atoms with E-state index >= 15 is 0 Å². The summed E-state index contributed by atoms with van der Waals surface area (Å²) in [6.07, 6.45) is -0.212. The van der Waals surface area contributed by atoms with Crippen molar-refractivity contribution < 1.29 is 14.2 Å². The molecule has 0 aromatic heterocycles. The van der Waals surface area contributed by atoms with Gasteiger partial charge in [0, 0.05) is 5.56 Å². The second-order valence-electron chi connectivity index (χ2n) is 3.77. The van der Waals surface area contributed by atoms with Gasteiger partial charge in [-0.15, -0.1) is 0 Å². The maximum absolute atomic E-state index is 5.65. The van der Waals surface area contributed by atoms with E-state index in [-0.39, 0.29) is 12.4 Å². The first-order valence-electron chi connectivity index (χ1n) is 4.94. The summed E-state index contributed by atoms with van der Waals surface area (Å²) in [5.74, 6) is 0.844. The Morgan fingerprint density at radius 3 is 3.13 bits per heavy atom. The van der Waals surface area contributed by atoms with Crippen molar-refractivity contribution in [3.05, 3.63) is 35.9 Å². The highest BCUT2D eigenvalue weighted by Crippen LogP contribution is 2.42. The summed E-state index contributed by atoms with van der Waals surface area (Å²) in [4.78, 5) is 0. The molecule has 2 heterocycles. The van der Waals surface area contributed by atoms with E-state index < -0.39 is 0 Å². The Hall–Kier alpha value is -1.32. The van der Waals surface area contributed by atoms with Crippen molar-refractivity contribution in [1.29, 1.82) is 0 Å². The zero-order valence-corrected chi connectivity index (χ0v) is 8.53. The van der Waals surface area contributed by atoms with Gasteiger partial charge in [-0.2, -0.15) is 0 Å². The third-order valence-electron chi connectivity index (χ3n) is 2.94. The Bertz CT molecular complexity index is 425. The van der Waals surface area contributed by atoms with Crippen LogP contribution in [-0.4, -0.2) is 19.8 Å². The van der Waals surface area contributed by atoms with Crippen LogP contribution in [0.3, 0.4) is 0 Å². The number of rotatable bonds is 1. The number of hydrogen-bond acceptors (Lipinski definition) is 3. The first kappa shape index (κ1) is 8.95. The van der Waals surface area contributed by atoms with Crippen LogP contribution < -0.4 is 4.74 Å². The van der Waals surface area contributed by atoms with Crippen molar-refractivity contribution in [2.75, 3.05) is 13.7 Å². The van der Waals surface area contributed by atoms with E-state index in [1.165, 1.54) is 0 Å². The molecule has 0 amide bonds. The van der Waals surface area contributed by atoms with Crippen LogP contribution in [0.15, 0.2) is 24.8 Å². The third-order valence-corrected chi connectivity index (χ3v) is 2.94. The zero-order chi connectivity index (χ0) is 10.4. The molecule has 2 bridgehead atoms. The van der Waals surface area contributed by atoms with Crippen molar-refractivity contribution >= 4 is 5.57 Å². The molecular formula is C12H12O3. The van der Waals surface area contributed by atoms with Gasteiger partial charge in [-0.1, -0.05) is 6.58 Å². The van der Waals surface area contributed by atoms with Crippen molar-refractivity contribution in [1.82, 2.24) is 0 Å². The van der Waals surface area contributed by atoms with Crippen molar-refractivity contribution in [2.24, 2.45) is 0 Å². The summed E-state index contributed by atoms with van der Waals surface area (Å²) in [5.41, 5.74) is 3.14. The number of methoxy groups -OCH3 is 1. The predicted octanol–water partition coefficient (Wildman–Crippen LogP) is 2.14. The Balaban J connectivity index is 2.14. The summed E-state index contributed by atoms with van der Waals surface area (Å²) < 4.78 is 16.4. The predicted molar refractivity (Wildman–Crippen MR) is 55.6 cm³/mol. The lowest BCUT2D eigenvalue weighted by atomic mass is 9.95. The summed E-state index contributed by atoms with van der Waals surface area (Å²) in [6.45, 7) is 4.65. The minimum Gasteiger partial charge on any atom is -0.497 e. The average Bonchev–Trinajstić information content (AvgIpc) is 2.72. The van der Waals surface area contributed by atoms with Crippen LogP contribution in [0.1, 0.15) is 17.4 Å². The lowest BCUT2D eigenvalue weighted by Gasteiger charge is -2.24. The van der Waals surface area contributed by atoms with E-state index in [1.807, 2.05) is 18.2 Å². The van der Waals surface area contributed by atoms with Gasteiger partial charge in [-0.3, -0.25) is 0 Å². The van der Waals surface area contributed by atoms with Gasteiger partial charge < -0.3 is 14.2 Å². The molecule has 1 saturated heterocycles. The second kappa shape index (κ2) is 3.08. The van der Waals surface area contributed by atoms with Gasteiger partial charge in [-0.25, -0.2) is 0 Å². The molecule has 2 unspecified atom stereocenters. The molecule has 78 valence electrons. The van der Waals surface area contributed by atoms with Gasteiger partial charge in [-0.05, 0) is 29.3 Å². The number of benzene rings is 1. The topological polar surface area (TPSA) is 27.7 Å². The largest absolute Gasteiger partial charge is 0.497 e. The molecule has 0 aliphatic carbocycles. The molecule has 3 rings (SSSR count). The van der Waals surface area contributed by atoms with Crippen LogP contribution in [0.5, 0.6) is 5.75 Å². The Kier molecular flexibility index (Phi) is 1.84. The van der Waals surface area contributed by atoms with Gasteiger partial charge in [0.15, 0.2) is 6.29 Å². The summed E-state index contributed by atoms with van der Waals surface area (Å²) >= 11 is 0. The Morgan fingerprint density at radius 2 is 2.33 bits per heavy atom. The van der Waals surface area contributed by atoms with E-state index in [9.17, 15) is 0 Å². The van der Waals surface area contributed by atoms with Gasteiger partial charge >= 0.3 is 0 Å². The van der Waals surface area contributed by atoms with Gasteiger partial charge in [0.1, 0.15) is 11.9 Å². The monoisotopic (exact) mass is 204 g/mol. The standard InChI is InChI=1S/C12H12O3/c1-7-10-5-8(13-2)3-4-9(10)12-14-6-11(7)15-12/h3-5,11-12H,1,6H2,2H3. The Labute approximate surface area is 88.3 Å². The summed E-state index contributed by atoms with van der Waals surface area (Å²) in [5, 5.41) is 0. The lowest BCUT2D eigenvalue weighted by Crippen LogP contribution is -2.17. The van der Waals surface area contributed by atoms with E-state index in [0.717, 1.165) is 22.4 Å². The molecule has 0 saturated carbocycles. The molecule has 3 nitrogen and oxygen atoms in total. The summed E-state index contributed by atoms with van der Waals surface area (Å²) in [7, 11) is 1.66. The molecule has 2 aliphatic heterocycles. The quantitative estimate of drug-likeness (QED) is 0.701. The van der Waals surface area contributed by atoms with Crippen LogP contribution in [0, 0.1) is 0 Å². The van der Waals surface area contributed by atoms with Gasteiger partial charge in [0.25, 0.3) is 0 Å². The minimum absolute atomic E-state index is 0.00889. The van der Waals surface area contributed by atoms with Crippen molar-refractivity contribution in [3.8, 4) is 5.75 Å². The Morgan fingerprint density at radius 1 is 1.47 bits per heavy atom. The van der Waals surface area contributed by atoms with E-state index in [4.69, 9.17) is 14.2 Å². The lowest BCUT2D eigenvalue weighted by molar-refractivity contribution is -0.0559. The number of hydrogen-bond donors (Lipinski definition) is 0. The molecule has 2 atom stereocenters. The van der Waals surface area contributed by atoms with Crippen LogP contribution in [0.25, 0.3) is 5.57 Å². The first-order chi connectivity index (χ1) is 7.29. The van der Waals surface area contributed by atoms with Crippen molar-refractivity contribution in [3.63, 3.8) is 0 Å². The van der Waals surface area contributed by atoms with E-state index in [0.29, 0.717) is 6.61 Å². The SMILES string of the molecule is C=C1c2cc(OC)ccc2C2OCC1O2. The van der Waals surface area contributed by atoms with Gasteiger partial charge in [0.2, 0.25) is 0 Å². The fraction of sp³-hybridized carbons (Fsp3) is 0.333. The van der Waals surface area contributed by atoms with E-state index in [2.05, 4.69) is 6.58 Å². The molecule has 1 aromatic carbocycles. The molecule has 0 spiro atoms. The molecule has 1 fully saturated rings. The van der Waals surface area contributed by atoms with E-state index in [1.54, 1.807) is 7.11 Å². The second-order valence-corrected chi connectivity index (χ2v) is 3.77. The van der Waals surface area contributed by atoms with Crippen molar-refractivity contribution in [2.45, 2.75) is 12.4 Å². The number of ether oxygens (including phenoxy) is 3. The highest BCUT2D eigenvalue weighted by atomic mass is 16.7. The highest BCUT2D eigenvalue weighted by Gasteiger charge is 2.37. The molecular weight excluding hydrogens is 192 g/mol. The van der Waals surface area contributed by atoms with Crippen LogP contribution in [0.2, 0.25) is 0 Å². The molecule has 15 heavy (non-hydrogen) atoms. The maximum Gasteiger partial charge on any atom is 0.185 e. The molecule has 1 aromatic rings. The minimum atomic E-state index is -0.221. The molecule has 0 radical (unpaired) electrons. The zero-order valence-electron chi connectivity index (χ0n) is 8.53. The molecule has 2 aliphatic rings. The summed E-state index contributed by atoms with van der Waals surface area (Å²) in [6, 6.07) is 5.89. The average molecular weight is 204 g/mol. The normalized spacial score (nSPS) is 27.7. The molecule has 0 N–H and O–H groups in total. The fourth-order valence-corrected chi connectivity index (χ4v) is 2.07. The third kappa shape index (κ3) is 1.20. The van der Waals surface area contributed by atoms with Crippen LogP contribution in [-0.2, 0) is 9.47 Å². The maximum atomic E-state index is 5.65. The highest BCUT2D eigenvalue weighted by molar-refractivity contribution is 5.73. The first-order valence-corrected chi connectivity index (χ1v) is 4.94. The fourth-order valence-electron chi connectivity index (χ4n) is 2.07. The smallest absolute Gasteiger partial charge is 0.185 e. The van der Waals surface area contributed by atoms with Crippen LogP contribution >= 0.6 is 0 Å². The number of fused-ring (bicyclic) bond motifs is 4. The molecule has 3 heteroatoms. The van der Waals surface area contributed by atoms with Gasteiger partial charge in [0.05, 0.1) is 13.7 Å².